The summed E-state index contributed by atoms with van der Waals surface area (Å²) in [4.78, 5) is 0. The molecule has 5 heteroatoms. The normalized spacial score (nSPS) is 27.3. The Kier molecular flexibility index (Phi) is 2.36. The van der Waals surface area contributed by atoms with Gasteiger partial charge >= 0.3 is 0 Å². The Labute approximate surface area is 85.5 Å². The molecule has 2 rings (SSSR count). The van der Waals surface area contributed by atoms with Gasteiger partial charge in [-0.1, -0.05) is 6.92 Å². The van der Waals surface area contributed by atoms with Crippen molar-refractivity contribution in [1.29, 1.82) is 0 Å². The molecule has 1 aliphatic heterocycles. The Morgan fingerprint density at radius 1 is 1.43 bits per heavy atom. The third-order valence-corrected chi connectivity index (χ3v) is 5.16. The Morgan fingerprint density at radius 2 is 2.00 bits per heavy atom. The van der Waals surface area contributed by atoms with Crippen LogP contribution >= 0.6 is 0 Å². The minimum absolute atomic E-state index is 0.194. The van der Waals surface area contributed by atoms with E-state index in [4.69, 9.17) is 5.73 Å². The second-order valence-electron chi connectivity index (χ2n) is 4.59. The van der Waals surface area contributed by atoms with Crippen LogP contribution in [0.3, 0.4) is 0 Å². The van der Waals surface area contributed by atoms with E-state index in [1.54, 1.807) is 0 Å². The molecule has 1 heterocycles. The van der Waals surface area contributed by atoms with Crippen LogP contribution in [0.4, 0.5) is 0 Å². The number of rotatable bonds is 4. The average molecular weight is 218 g/mol. The number of hydrogen-bond donors (Lipinski definition) is 1. The summed E-state index contributed by atoms with van der Waals surface area (Å²) in [5.74, 6) is 0.837. The summed E-state index contributed by atoms with van der Waals surface area (Å²) in [6.07, 6.45) is 3.04. The van der Waals surface area contributed by atoms with Crippen molar-refractivity contribution in [3.05, 3.63) is 0 Å². The highest BCUT2D eigenvalue weighted by molar-refractivity contribution is 7.89. The van der Waals surface area contributed by atoms with E-state index in [1.807, 2.05) is 6.92 Å². The van der Waals surface area contributed by atoms with Crippen LogP contribution in [0, 0.1) is 5.92 Å². The molecule has 1 aliphatic carbocycles. The van der Waals surface area contributed by atoms with E-state index < -0.39 is 10.0 Å². The molecule has 0 spiro atoms. The molecule has 2 aliphatic rings. The topological polar surface area (TPSA) is 63.4 Å². The van der Waals surface area contributed by atoms with Crippen LogP contribution in [0.15, 0.2) is 0 Å². The quantitative estimate of drug-likeness (QED) is 0.730. The summed E-state index contributed by atoms with van der Waals surface area (Å²) >= 11 is 0. The second kappa shape index (κ2) is 3.18. The monoisotopic (exact) mass is 218 g/mol. The fraction of sp³-hybridized carbons (Fsp3) is 1.00. The van der Waals surface area contributed by atoms with E-state index in [9.17, 15) is 8.42 Å². The van der Waals surface area contributed by atoms with Gasteiger partial charge in [0.25, 0.3) is 0 Å². The van der Waals surface area contributed by atoms with Crippen molar-refractivity contribution < 1.29 is 8.42 Å². The summed E-state index contributed by atoms with van der Waals surface area (Å²) in [6, 6.07) is 0. The number of nitrogens with zero attached hydrogens (tertiary/aromatic N) is 1. The van der Waals surface area contributed by atoms with E-state index in [-0.39, 0.29) is 11.3 Å². The summed E-state index contributed by atoms with van der Waals surface area (Å²) in [7, 11) is -3.00. The number of hydrogen-bond acceptors (Lipinski definition) is 3. The molecule has 0 atom stereocenters. The molecule has 0 aromatic heterocycles. The van der Waals surface area contributed by atoms with Crippen LogP contribution < -0.4 is 5.73 Å². The molecule has 0 unspecified atom stereocenters. The number of sulfonamides is 1. The predicted molar refractivity (Wildman–Crippen MR) is 55.3 cm³/mol. The van der Waals surface area contributed by atoms with Gasteiger partial charge in [0.05, 0.1) is 5.75 Å². The van der Waals surface area contributed by atoms with Gasteiger partial charge in [0.2, 0.25) is 10.0 Å². The SMILES string of the molecule is CCCS(=O)(=O)N1CC(N)(C2CC2)C1. The first-order valence-corrected chi connectivity index (χ1v) is 6.85. The summed E-state index contributed by atoms with van der Waals surface area (Å²) in [5, 5.41) is 0. The molecular formula is C9H18N2O2S. The molecule has 82 valence electrons. The maximum atomic E-state index is 11.6. The fourth-order valence-electron chi connectivity index (χ4n) is 2.11. The average Bonchev–Trinajstić information content (AvgIpc) is 2.80. The van der Waals surface area contributed by atoms with E-state index >= 15 is 0 Å². The molecule has 1 saturated carbocycles. The van der Waals surface area contributed by atoms with Gasteiger partial charge in [0.15, 0.2) is 0 Å². The molecule has 4 nitrogen and oxygen atoms in total. The zero-order valence-corrected chi connectivity index (χ0v) is 9.39. The van der Waals surface area contributed by atoms with Crippen LogP contribution in [-0.4, -0.2) is 37.1 Å². The molecule has 2 N–H and O–H groups in total. The minimum atomic E-state index is -3.00. The van der Waals surface area contributed by atoms with Gasteiger partial charge in [-0.2, -0.15) is 4.31 Å². The lowest BCUT2D eigenvalue weighted by atomic mass is 9.88. The first kappa shape index (κ1) is 10.4. The summed E-state index contributed by atoms with van der Waals surface area (Å²) in [6.45, 7) is 2.97. The Bertz CT molecular complexity index is 316. The van der Waals surface area contributed by atoms with Crippen LogP contribution in [0.25, 0.3) is 0 Å². The van der Waals surface area contributed by atoms with E-state index in [0.717, 1.165) is 0 Å². The Balaban J connectivity index is 1.93. The minimum Gasteiger partial charge on any atom is -0.323 e. The lowest BCUT2D eigenvalue weighted by Gasteiger charge is -2.47. The van der Waals surface area contributed by atoms with Crippen molar-refractivity contribution in [2.75, 3.05) is 18.8 Å². The van der Waals surface area contributed by atoms with Gasteiger partial charge in [-0.05, 0) is 25.2 Å². The molecule has 1 saturated heterocycles. The molecule has 0 aromatic rings. The van der Waals surface area contributed by atoms with Crippen molar-refractivity contribution in [2.45, 2.75) is 31.7 Å². The lowest BCUT2D eigenvalue weighted by molar-refractivity contribution is 0.135. The fourth-order valence-corrected chi connectivity index (χ4v) is 3.76. The van der Waals surface area contributed by atoms with Gasteiger partial charge in [-0.25, -0.2) is 8.42 Å². The van der Waals surface area contributed by atoms with Gasteiger partial charge < -0.3 is 5.73 Å². The molecular weight excluding hydrogens is 200 g/mol. The standard InChI is InChI=1S/C9H18N2O2S/c1-2-5-14(12,13)11-6-9(10,7-11)8-3-4-8/h8H,2-7,10H2,1H3. The van der Waals surface area contributed by atoms with Crippen molar-refractivity contribution >= 4 is 10.0 Å². The molecule has 2 fully saturated rings. The molecule has 0 aromatic carbocycles. The van der Waals surface area contributed by atoms with Crippen LogP contribution in [-0.2, 0) is 10.0 Å². The largest absolute Gasteiger partial charge is 0.323 e. The molecule has 0 bridgehead atoms. The van der Waals surface area contributed by atoms with Gasteiger partial charge in [-0.3, -0.25) is 0 Å². The summed E-state index contributed by atoms with van der Waals surface area (Å²) < 4.78 is 24.8. The van der Waals surface area contributed by atoms with Gasteiger partial charge in [0.1, 0.15) is 0 Å². The van der Waals surface area contributed by atoms with Crippen molar-refractivity contribution in [1.82, 2.24) is 4.31 Å². The third kappa shape index (κ3) is 1.68. The van der Waals surface area contributed by atoms with E-state index in [2.05, 4.69) is 0 Å². The highest BCUT2D eigenvalue weighted by Crippen LogP contribution is 2.43. The molecule has 0 amide bonds. The number of nitrogens with two attached hydrogens (primary N) is 1. The van der Waals surface area contributed by atoms with Crippen LogP contribution in [0.2, 0.25) is 0 Å². The summed E-state index contributed by atoms with van der Waals surface area (Å²) in [5.41, 5.74) is 5.89. The zero-order valence-electron chi connectivity index (χ0n) is 8.57. The Hall–Kier alpha value is -0.130. The Morgan fingerprint density at radius 3 is 2.43 bits per heavy atom. The van der Waals surface area contributed by atoms with Crippen molar-refractivity contribution in [3.8, 4) is 0 Å². The third-order valence-electron chi connectivity index (χ3n) is 3.19. The molecule has 0 radical (unpaired) electrons. The van der Waals surface area contributed by atoms with Crippen molar-refractivity contribution in [2.24, 2.45) is 11.7 Å². The maximum absolute atomic E-state index is 11.6. The second-order valence-corrected chi connectivity index (χ2v) is 6.68. The zero-order chi connectivity index (χ0) is 10.4. The van der Waals surface area contributed by atoms with Crippen LogP contribution in [0.5, 0.6) is 0 Å². The highest BCUT2D eigenvalue weighted by atomic mass is 32.2. The predicted octanol–water partition coefficient (Wildman–Crippen LogP) is 0.149. The van der Waals surface area contributed by atoms with Crippen molar-refractivity contribution in [3.63, 3.8) is 0 Å². The van der Waals surface area contributed by atoms with E-state index in [1.165, 1.54) is 17.1 Å². The highest BCUT2D eigenvalue weighted by Gasteiger charge is 2.53. The lowest BCUT2D eigenvalue weighted by Crippen LogP contribution is -2.69. The first-order valence-electron chi connectivity index (χ1n) is 5.25. The van der Waals surface area contributed by atoms with Gasteiger partial charge in [-0.15, -0.1) is 0 Å². The first-order chi connectivity index (χ1) is 6.48. The maximum Gasteiger partial charge on any atom is 0.214 e. The smallest absolute Gasteiger partial charge is 0.214 e. The van der Waals surface area contributed by atoms with E-state index in [0.29, 0.717) is 25.4 Å². The van der Waals surface area contributed by atoms with Crippen LogP contribution in [0.1, 0.15) is 26.2 Å². The molecule has 14 heavy (non-hydrogen) atoms. The van der Waals surface area contributed by atoms with Gasteiger partial charge in [0, 0.05) is 18.6 Å².